The number of nitrogens with one attached hydrogen (secondary N) is 2. The number of halogens is 1. The van der Waals surface area contributed by atoms with Crippen LogP contribution in [0.1, 0.15) is 44.6 Å². The number of rotatable bonds is 9. The van der Waals surface area contributed by atoms with Crippen LogP contribution < -0.4 is 10.6 Å². The third kappa shape index (κ3) is 7.07. The van der Waals surface area contributed by atoms with Gasteiger partial charge in [-0.3, -0.25) is 4.68 Å². The summed E-state index contributed by atoms with van der Waals surface area (Å²) in [5, 5.41) is 11.2. The predicted molar refractivity (Wildman–Crippen MR) is 107 cm³/mol. The van der Waals surface area contributed by atoms with Crippen molar-refractivity contribution >= 4 is 29.9 Å². The molecule has 0 amide bonds. The molecule has 0 aliphatic heterocycles. The number of aryl methyl sites for hydroxylation is 2. The Morgan fingerprint density at radius 2 is 1.91 bits per heavy atom. The molecule has 0 atom stereocenters. The summed E-state index contributed by atoms with van der Waals surface area (Å²) in [6, 6.07) is 0. The number of aromatic nitrogens is 2. The van der Waals surface area contributed by atoms with Crippen LogP contribution in [0.2, 0.25) is 0 Å². The zero-order valence-electron chi connectivity index (χ0n) is 15.1. The van der Waals surface area contributed by atoms with E-state index >= 15 is 0 Å². The SMILES string of the molecule is CCNC(=NCc1c(CC)nn(C)c1CC)NCCOCC.I. The van der Waals surface area contributed by atoms with E-state index in [4.69, 9.17) is 9.73 Å². The largest absolute Gasteiger partial charge is 0.380 e. The van der Waals surface area contributed by atoms with Crippen LogP contribution in [0.5, 0.6) is 0 Å². The minimum Gasteiger partial charge on any atom is -0.380 e. The second-order valence-corrected chi connectivity index (χ2v) is 5.02. The molecule has 2 N–H and O–H groups in total. The highest BCUT2D eigenvalue weighted by Crippen LogP contribution is 2.16. The summed E-state index contributed by atoms with van der Waals surface area (Å²) in [4.78, 5) is 4.70. The minimum absolute atomic E-state index is 0. The molecule has 0 radical (unpaired) electrons. The van der Waals surface area contributed by atoms with Gasteiger partial charge in [0.1, 0.15) is 0 Å². The van der Waals surface area contributed by atoms with Gasteiger partial charge in [0.15, 0.2) is 5.96 Å². The molecule has 0 aliphatic rings. The van der Waals surface area contributed by atoms with E-state index in [0.717, 1.165) is 44.2 Å². The van der Waals surface area contributed by atoms with Crippen molar-refractivity contribution in [1.29, 1.82) is 0 Å². The van der Waals surface area contributed by atoms with Crippen molar-refractivity contribution < 1.29 is 4.74 Å². The Morgan fingerprint density at radius 3 is 2.48 bits per heavy atom. The van der Waals surface area contributed by atoms with Crippen molar-refractivity contribution in [3.8, 4) is 0 Å². The van der Waals surface area contributed by atoms with Gasteiger partial charge in [-0.2, -0.15) is 5.10 Å². The summed E-state index contributed by atoms with van der Waals surface area (Å²) in [6.07, 6.45) is 1.91. The number of ether oxygens (including phenoxy) is 1. The highest BCUT2D eigenvalue weighted by molar-refractivity contribution is 14.0. The molecule has 0 saturated carbocycles. The Morgan fingerprint density at radius 1 is 1.17 bits per heavy atom. The topological polar surface area (TPSA) is 63.5 Å². The van der Waals surface area contributed by atoms with Gasteiger partial charge in [0.25, 0.3) is 0 Å². The van der Waals surface area contributed by atoms with E-state index in [0.29, 0.717) is 13.2 Å². The Hall–Kier alpha value is -0.830. The van der Waals surface area contributed by atoms with E-state index in [9.17, 15) is 0 Å². The second-order valence-electron chi connectivity index (χ2n) is 5.02. The summed E-state index contributed by atoms with van der Waals surface area (Å²) in [5.41, 5.74) is 3.67. The first-order chi connectivity index (χ1) is 10.7. The zero-order valence-corrected chi connectivity index (χ0v) is 17.4. The normalized spacial score (nSPS) is 11.3. The average Bonchev–Trinajstić information content (AvgIpc) is 2.83. The minimum atomic E-state index is 0. The molecule has 7 heteroatoms. The van der Waals surface area contributed by atoms with Gasteiger partial charge in [0, 0.05) is 38.0 Å². The molecule has 23 heavy (non-hydrogen) atoms. The van der Waals surface area contributed by atoms with Crippen molar-refractivity contribution in [2.75, 3.05) is 26.3 Å². The highest BCUT2D eigenvalue weighted by atomic mass is 127. The molecule has 1 aromatic heterocycles. The van der Waals surface area contributed by atoms with Gasteiger partial charge in [0.05, 0.1) is 18.8 Å². The van der Waals surface area contributed by atoms with Crippen LogP contribution in [0.4, 0.5) is 0 Å². The first-order valence-corrected chi connectivity index (χ1v) is 8.31. The number of hydrogen-bond donors (Lipinski definition) is 2. The molecule has 0 saturated heterocycles. The van der Waals surface area contributed by atoms with Crippen LogP contribution in [-0.4, -0.2) is 42.0 Å². The van der Waals surface area contributed by atoms with Gasteiger partial charge in [-0.05, 0) is 26.7 Å². The predicted octanol–water partition coefficient (Wildman–Crippen LogP) is 2.25. The molecule has 0 unspecified atom stereocenters. The molecule has 1 heterocycles. The van der Waals surface area contributed by atoms with E-state index in [1.54, 1.807) is 0 Å². The summed E-state index contributed by atoms with van der Waals surface area (Å²) in [5.74, 6) is 0.829. The third-order valence-electron chi connectivity index (χ3n) is 3.51. The standard InChI is InChI=1S/C16H31N5O.HI/c1-6-14-13(15(7-2)21(5)20-14)12-19-16(17-8-3)18-10-11-22-9-4;/h6-12H2,1-5H3,(H2,17,18,19);1H. The van der Waals surface area contributed by atoms with Crippen molar-refractivity contribution in [1.82, 2.24) is 20.4 Å². The Labute approximate surface area is 157 Å². The molecule has 0 aromatic carbocycles. The Balaban J connectivity index is 0.00000484. The lowest BCUT2D eigenvalue weighted by molar-refractivity contribution is 0.152. The molecule has 1 aromatic rings. The summed E-state index contributed by atoms with van der Waals surface area (Å²) < 4.78 is 7.33. The van der Waals surface area contributed by atoms with Crippen molar-refractivity contribution in [3.05, 3.63) is 17.0 Å². The summed E-state index contributed by atoms with van der Waals surface area (Å²) >= 11 is 0. The van der Waals surface area contributed by atoms with Gasteiger partial charge < -0.3 is 15.4 Å². The molecule has 0 spiro atoms. The van der Waals surface area contributed by atoms with Gasteiger partial charge in [-0.15, -0.1) is 24.0 Å². The van der Waals surface area contributed by atoms with Crippen LogP contribution in [0.3, 0.4) is 0 Å². The molecule has 134 valence electrons. The Bertz CT molecular complexity index is 473. The maximum absolute atomic E-state index is 5.34. The lowest BCUT2D eigenvalue weighted by atomic mass is 10.1. The quantitative estimate of drug-likeness (QED) is 0.269. The molecule has 0 aliphatic carbocycles. The second kappa shape index (κ2) is 12.6. The zero-order chi connectivity index (χ0) is 16.4. The van der Waals surface area contributed by atoms with Crippen LogP contribution >= 0.6 is 24.0 Å². The molecular weight excluding hydrogens is 405 g/mol. The first kappa shape index (κ1) is 22.2. The van der Waals surface area contributed by atoms with Gasteiger partial charge in [0.2, 0.25) is 0 Å². The van der Waals surface area contributed by atoms with Crippen molar-refractivity contribution in [2.24, 2.45) is 12.0 Å². The number of hydrogen-bond acceptors (Lipinski definition) is 3. The molecule has 0 fully saturated rings. The van der Waals surface area contributed by atoms with Gasteiger partial charge in [-0.1, -0.05) is 13.8 Å². The number of guanidine groups is 1. The maximum atomic E-state index is 5.34. The monoisotopic (exact) mass is 437 g/mol. The molecule has 1 rings (SSSR count). The van der Waals surface area contributed by atoms with Crippen LogP contribution in [0.25, 0.3) is 0 Å². The lowest BCUT2D eigenvalue weighted by Crippen LogP contribution is -2.39. The van der Waals surface area contributed by atoms with Crippen LogP contribution in [0, 0.1) is 0 Å². The third-order valence-corrected chi connectivity index (χ3v) is 3.51. The Kier molecular flexibility index (Phi) is 12.1. The van der Waals surface area contributed by atoms with Crippen molar-refractivity contribution in [3.63, 3.8) is 0 Å². The smallest absolute Gasteiger partial charge is 0.191 e. The highest BCUT2D eigenvalue weighted by Gasteiger charge is 2.13. The number of nitrogens with zero attached hydrogens (tertiary/aromatic N) is 3. The fourth-order valence-corrected chi connectivity index (χ4v) is 2.46. The van der Waals surface area contributed by atoms with E-state index < -0.39 is 0 Å². The van der Waals surface area contributed by atoms with E-state index in [1.165, 1.54) is 11.3 Å². The fraction of sp³-hybridized carbons (Fsp3) is 0.750. The molecular formula is C16H32IN5O. The van der Waals surface area contributed by atoms with Crippen molar-refractivity contribution in [2.45, 2.75) is 47.1 Å². The van der Waals surface area contributed by atoms with E-state index in [2.05, 4.69) is 36.5 Å². The number of aliphatic imine (C=N–C) groups is 1. The van der Waals surface area contributed by atoms with Gasteiger partial charge in [-0.25, -0.2) is 4.99 Å². The lowest BCUT2D eigenvalue weighted by Gasteiger charge is -2.11. The summed E-state index contributed by atoms with van der Waals surface area (Å²) in [6.45, 7) is 12.1. The average molecular weight is 437 g/mol. The van der Waals surface area contributed by atoms with Gasteiger partial charge >= 0.3 is 0 Å². The molecule has 0 bridgehead atoms. The molecule has 6 nitrogen and oxygen atoms in total. The van der Waals surface area contributed by atoms with Crippen LogP contribution in [-0.2, 0) is 31.2 Å². The van der Waals surface area contributed by atoms with E-state index in [1.807, 2.05) is 18.7 Å². The maximum Gasteiger partial charge on any atom is 0.191 e. The first-order valence-electron chi connectivity index (χ1n) is 8.31. The summed E-state index contributed by atoms with van der Waals surface area (Å²) in [7, 11) is 2.01. The van der Waals surface area contributed by atoms with Crippen LogP contribution in [0.15, 0.2) is 4.99 Å². The van der Waals surface area contributed by atoms with E-state index in [-0.39, 0.29) is 24.0 Å². The fourth-order valence-electron chi connectivity index (χ4n) is 2.46.